The SMILES string of the molecule is COCc1ccc(Br)nc1NC(=O)[C@@H]1C[C@@]2(CN3C(=O)c4ccccc4C3=O)CC2N1C(=O)OC(C)(C)C. The number of piperidine rings is 1. The average molecular weight is 585 g/mol. The Hall–Kier alpha value is -3.31. The lowest BCUT2D eigenvalue weighted by Crippen LogP contribution is -2.47. The minimum Gasteiger partial charge on any atom is -0.444 e. The number of nitrogens with zero attached hydrogens (tertiary/aromatic N) is 3. The fraction of sp³-hybridized carbons (Fsp3) is 0.444. The highest BCUT2D eigenvalue weighted by atomic mass is 79.9. The Bertz CT molecular complexity index is 1310. The maximum Gasteiger partial charge on any atom is 0.411 e. The van der Waals surface area contributed by atoms with E-state index in [0.717, 1.165) is 0 Å². The smallest absolute Gasteiger partial charge is 0.411 e. The largest absolute Gasteiger partial charge is 0.444 e. The number of nitrogens with one attached hydrogen (secondary N) is 1. The highest BCUT2D eigenvalue weighted by molar-refractivity contribution is 9.10. The lowest BCUT2D eigenvalue weighted by Gasteiger charge is -2.30. The van der Waals surface area contributed by atoms with Gasteiger partial charge in [-0.1, -0.05) is 18.2 Å². The predicted octanol–water partition coefficient (Wildman–Crippen LogP) is 3.99. The average Bonchev–Trinajstić information content (AvgIpc) is 3.36. The molecule has 1 saturated heterocycles. The van der Waals surface area contributed by atoms with Crippen molar-refractivity contribution in [3.8, 4) is 0 Å². The van der Waals surface area contributed by atoms with Crippen molar-refractivity contribution in [3.63, 3.8) is 0 Å². The number of carbonyl (C=O) groups excluding carboxylic acids is 4. The van der Waals surface area contributed by atoms with Crippen LogP contribution in [0.15, 0.2) is 41.0 Å². The second-order valence-corrected chi connectivity index (χ2v) is 11.8. The fourth-order valence-corrected chi connectivity index (χ4v) is 5.71. The highest BCUT2D eigenvalue weighted by Gasteiger charge is 2.69. The van der Waals surface area contributed by atoms with Crippen LogP contribution in [0.25, 0.3) is 0 Å². The quantitative estimate of drug-likeness (QED) is 0.402. The van der Waals surface area contributed by atoms with Crippen molar-refractivity contribution in [3.05, 3.63) is 57.7 Å². The summed E-state index contributed by atoms with van der Waals surface area (Å²) in [5, 5.41) is 2.85. The van der Waals surface area contributed by atoms with Crippen LogP contribution in [-0.2, 0) is 20.9 Å². The molecule has 10 nitrogen and oxygen atoms in total. The molecule has 5 rings (SSSR count). The summed E-state index contributed by atoms with van der Waals surface area (Å²) in [4.78, 5) is 60.1. The number of fused-ring (bicyclic) bond motifs is 2. The van der Waals surface area contributed by atoms with E-state index in [-0.39, 0.29) is 37.4 Å². The highest BCUT2D eigenvalue weighted by Crippen LogP contribution is 2.60. The molecule has 1 unspecified atom stereocenters. The fourth-order valence-electron chi connectivity index (χ4n) is 5.40. The predicted molar refractivity (Wildman–Crippen MR) is 140 cm³/mol. The molecule has 0 bridgehead atoms. The van der Waals surface area contributed by atoms with Crippen molar-refractivity contribution >= 4 is 45.6 Å². The van der Waals surface area contributed by atoms with Gasteiger partial charge in [0.2, 0.25) is 5.91 Å². The van der Waals surface area contributed by atoms with Gasteiger partial charge in [-0.3, -0.25) is 24.2 Å². The number of benzene rings is 1. The molecule has 2 aromatic rings. The number of amides is 4. The van der Waals surface area contributed by atoms with Crippen LogP contribution in [-0.4, -0.2) is 69.9 Å². The molecule has 3 atom stereocenters. The second kappa shape index (κ2) is 9.46. The van der Waals surface area contributed by atoms with Gasteiger partial charge in [0.1, 0.15) is 22.1 Å². The number of methoxy groups -OCH3 is 1. The van der Waals surface area contributed by atoms with Gasteiger partial charge < -0.3 is 14.8 Å². The zero-order chi connectivity index (χ0) is 27.4. The Kier molecular flexibility index (Phi) is 6.55. The van der Waals surface area contributed by atoms with Crippen molar-refractivity contribution in [2.75, 3.05) is 19.0 Å². The lowest BCUT2D eigenvalue weighted by molar-refractivity contribution is -0.121. The van der Waals surface area contributed by atoms with Crippen LogP contribution in [0, 0.1) is 5.41 Å². The van der Waals surface area contributed by atoms with Gasteiger partial charge in [-0.05, 0) is 67.7 Å². The third kappa shape index (κ3) is 4.69. The monoisotopic (exact) mass is 584 g/mol. The van der Waals surface area contributed by atoms with Gasteiger partial charge >= 0.3 is 6.09 Å². The summed E-state index contributed by atoms with van der Waals surface area (Å²) >= 11 is 3.33. The molecular weight excluding hydrogens is 556 g/mol. The van der Waals surface area contributed by atoms with Crippen molar-refractivity contribution in [2.45, 2.75) is 57.9 Å². The van der Waals surface area contributed by atoms with Crippen molar-refractivity contribution in [1.82, 2.24) is 14.8 Å². The first kappa shape index (κ1) is 26.3. The van der Waals surface area contributed by atoms with Crippen LogP contribution in [0.1, 0.15) is 59.9 Å². The molecule has 1 N–H and O–H groups in total. The van der Waals surface area contributed by atoms with Crippen molar-refractivity contribution in [1.29, 1.82) is 0 Å². The molecule has 200 valence electrons. The van der Waals surface area contributed by atoms with E-state index in [4.69, 9.17) is 9.47 Å². The zero-order valence-corrected chi connectivity index (χ0v) is 23.2. The van der Waals surface area contributed by atoms with Crippen LogP contribution in [0.3, 0.4) is 0 Å². The molecule has 0 radical (unpaired) electrons. The summed E-state index contributed by atoms with van der Waals surface area (Å²) in [5.41, 5.74) is 0.0595. The third-order valence-electron chi connectivity index (χ3n) is 7.16. The van der Waals surface area contributed by atoms with Crippen LogP contribution >= 0.6 is 15.9 Å². The molecule has 38 heavy (non-hydrogen) atoms. The Morgan fingerprint density at radius 1 is 1.11 bits per heavy atom. The van der Waals surface area contributed by atoms with Gasteiger partial charge in [0, 0.05) is 30.7 Å². The van der Waals surface area contributed by atoms with Gasteiger partial charge in [0.25, 0.3) is 11.8 Å². The van der Waals surface area contributed by atoms with Gasteiger partial charge in [0.15, 0.2) is 0 Å². The summed E-state index contributed by atoms with van der Waals surface area (Å²) < 4.78 is 11.4. The number of aromatic nitrogens is 1. The number of imide groups is 1. The molecule has 1 aliphatic carbocycles. The van der Waals surface area contributed by atoms with E-state index in [2.05, 4.69) is 26.2 Å². The number of pyridine rings is 1. The first-order chi connectivity index (χ1) is 17.9. The third-order valence-corrected chi connectivity index (χ3v) is 7.60. The molecule has 1 aromatic carbocycles. The topological polar surface area (TPSA) is 118 Å². The molecule has 1 saturated carbocycles. The number of rotatable bonds is 6. The van der Waals surface area contributed by atoms with Crippen molar-refractivity contribution in [2.24, 2.45) is 5.41 Å². The van der Waals surface area contributed by atoms with Gasteiger partial charge in [-0.15, -0.1) is 0 Å². The molecule has 3 heterocycles. The summed E-state index contributed by atoms with van der Waals surface area (Å²) in [7, 11) is 1.55. The number of anilines is 1. The maximum absolute atomic E-state index is 13.6. The number of halogens is 1. The molecule has 3 aliphatic rings. The molecule has 1 aromatic heterocycles. The normalized spacial score (nSPS) is 23.8. The van der Waals surface area contributed by atoms with Gasteiger partial charge in [-0.2, -0.15) is 0 Å². The molecule has 2 fully saturated rings. The number of hydrogen-bond acceptors (Lipinski definition) is 7. The number of ether oxygens (including phenoxy) is 2. The van der Waals surface area contributed by atoms with Gasteiger partial charge in [-0.25, -0.2) is 9.78 Å². The maximum atomic E-state index is 13.6. The van der Waals surface area contributed by atoms with E-state index in [1.807, 2.05) is 0 Å². The molecule has 2 aliphatic heterocycles. The molecular formula is C27H29BrN4O6. The van der Waals surface area contributed by atoms with E-state index >= 15 is 0 Å². The molecule has 4 amide bonds. The Labute approximate surface area is 228 Å². The molecule has 0 spiro atoms. The van der Waals surface area contributed by atoms with Crippen LogP contribution in [0.4, 0.5) is 10.6 Å². The van der Waals surface area contributed by atoms with E-state index in [0.29, 0.717) is 33.5 Å². The summed E-state index contributed by atoms with van der Waals surface area (Å²) in [5.74, 6) is -0.812. The summed E-state index contributed by atoms with van der Waals surface area (Å²) in [6.07, 6.45) is 0.237. The summed E-state index contributed by atoms with van der Waals surface area (Å²) in [6, 6.07) is 9.05. The van der Waals surface area contributed by atoms with Gasteiger partial charge in [0.05, 0.1) is 17.7 Å². The zero-order valence-electron chi connectivity index (χ0n) is 21.6. The number of hydrogen-bond donors (Lipinski definition) is 1. The Morgan fingerprint density at radius 3 is 2.37 bits per heavy atom. The van der Waals surface area contributed by atoms with E-state index in [1.165, 1.54) is 9.80 Å². The minimum atomic E-state index is -0.866. The Morgan fingerprint density at radius 2 is 1.76 bits per heavy atom. The number of likely N-dealkylation sites (tertiary alicyclic amines) is 1. The standard InChI is InChI=1S/C27H29BrN4O6/c1-26(2,3)38-25(36)32-18(22(33)30-21-15(13-37-4)9-10-20(28)29-21)11-27(12-19(27)32)14-31-23(34)16-7-5-6-8-17(16)24(31)35/h5-10,18-19H,11-14H2,1-4H3,(H,29,30,33)/t18-,19?,27-/m0/s1. The van der Waals surface area contributed by atoms with Crippen molar-refractivity contribution < 1.29 is 28.7 Å². The minimum absolute atomic E-state index is 0.122. The lowest BCUT2D eigenvalue weighted by atomic mass is 9.98. The molecule has 11 heteroatoms. The van der Waals surface area contributed by atoms with Crippen LogP contribution in [0.5, 0.6) is 0 Å². The Balaban J connectivity index is 1.41. The van der Waals surface area contributed by atoms with E-state index in [9.17, 15) is 19.2 Å². The summed E-state index contributed by atoms with van der Waals surface area (Å²) in [6.45, 7) is 5.64. The van der Waals surface area contributed by atoms with Crippen LogP contribution in [0.2, 0.25) is 0 Å². The number of carbonyl (C=O) groups is 4. The van der Waals surface area contributed by atoms with Crippen LogP contribution < -0.4 is 5.32 Å². The van der Waals surface area contributed by atoms with E-state index < -0.39 is 29.1 Å². The first-order valence-electron chi connectivity index (χ1n) is 12.4. The second-order valence-electron chi connectivity index (χ2n) is 11.0. The first-order valence-corrected chi connectivity index (χ1v) is 13.2. The van der Waals surface area contributed by atoms with E-state index in [1.54, 1.807) is 64.3 Å².